The topological polar surface area (TPSA) is 21.3 Å². The van der Waals surface area contributed by atoms with Gasteiger partial charge in [-0.2, -0.15) is 0 Å². The zero-order valence-corrected chi connectivity index (χ0v) is 14.0. The number of methoxy groups -OCH3 is 1. The van der Waals surface area contributed by atoms with Crippen molar-refractivity contribution < 1.29 is 4.74 Å². The highest BCUT2D eigenvalue weighted by Crippen LogP contribution is 2.28. The summed E-state index contributed by atoms with van der Waals surface area (Å²) in [7, 11) is 1.67. The molecule has 0 heterocycles. The monoisotopic (exact) mass is 383 g/mol. The third kappa shape index (κ3) is 3.74. The lowest BCUT2D eigenvalue weighted by atomic mass is 10.1. The maximum absolute atomic E-state index is 5.28. The number of benzene rings is 2. The lowest BCUT2D eigenvalue weighted by Gasteiger charge is -2.10. The molecular weight excluding hydrogens is 370 g/mol. The molecule has 0 saturated carbocycles. The quantitative estimate of drug-likeness (QED) is 0.787. The van der Waals surface area contributed by atoms with E-state index in [1.807, 2.05) is 18.2 Å². The number of halogens is 2. The number of aryl methyl sites for hydroxylation is 1. The fourth-order valence-electron chi connectivity index (χ4n) is 1.79. The molecule has 0 saturated heterocycles. The number of hydrogen-bond donors (Lipinski definition) is 1. The third-order valence-electron chi connectivity index (χ3n) is 2.87. The van der Waals surface area contributed by atoms with E-state index in [0.717, 1.165) is 26.9 Å². The van der Waals surface area contributed by atoms with E-state index < -0.39 is 0 Å². The van der Waals surface area contributed by atoms with E-state index in [9.17, 15) is 0 Å². The van der Waals surface area contributed by atoms with Crippen molar-refractivity contribution in [1.82, 2.24) is 0 Å². The van der Waals surface area contributed by atoms with E-state index in [0.29, 0.717) is 0 Å². The molecule has 0 radical (unpaired) electrons. The van der Waals surface area contributed by atoms with Crippen LogP contribution in [0.5, 0.6) is 5.75 Å². The van der Waals surface area contributed by atoms with Crippen LogP contribution in [0.15, 0.2) is 45.3 Å². The van der Waals surface area contributed by atoms with E-state index in [-0.39, 0.29) is 0 Å². The van der Waals surface area contributed by atoms with Crippen LogP contribution in [0.1, 0.15) is 11.1 Å². The Bertz CT molecular complexity index is 584. The van der Waals surface area contributed by atoms with Gasteiger partial charge in [0.1, 0.15) is 5.75 Å². The number of nitrogens with one attached hydrogen (secondary N) is 1. The van der Waals surface area contributed by atoms with Crippen molar-refractivity contribution in [3.05, 3.63) is 56.5 Å². The van der Waals surface area contributed by atoms with Gasteiger partial charge in [0, 0.05) is 22.8 Å². The smallest absolute Gasteiger partial charge is 0.135 e. The molecule has 100 valence electrons. The number of anilines is 1. The molecule has 4 heteroatoms. The van der Waals surface area contributed by atoms with E-state index in [2.05, 4.69) is 62.3 Å². The standard InChI is InChI=1S/C15H15Br2NO/c1-10-7-11(3-5-13(10)16)9-18-12-4-6-14(17)15(8-12)19-2/h3-8,18H,9H2,1-2H3. The third-order valence-corrected chi connectivity index (χ3v) is 4.41. The number of rotatable bonds is 4. The minimum Gasteiger partial charge on any atom is -0.495 e. The van der Waals surface area contributed by atoms with Gasteiger partial charge in [0.25, 0.3) is 0 Å². The van der Waals surface area contributed by atoms with Crippen LogP contribution in [0, 0.1) is 6.92 Å². The van der Waals surface area contributed by atoms with Crippen molar-refractivity contribution >= 4 is 37.5 Å². The van der Waals surface area contributed by atoms with Gasteiger partial charge in [-0.05, 0) is 52.2 Å². The SMILES string of the molecule is COc1cc(NCc2ccc(Br)c(C)c2)ccc1Br. The zero-order chi connectivity index (χ0) is 13.8. The predicted molar refractivity (Wildman–Crippen MR) is 86.9 cm³/mol. The second-order valence-corrected chi connectivity index (χ2v) is 6.00. The van der Waals surface area contributed by atoms with Gasteiger partial charge in [-0.1, -0.05) is 28.1 Å². The molecule has 0 atom stereocenters. The molecule has 0 aromatic heterocycles. The fourth-order valence-corrected chi connectivity index (χ4v) is 2.45. The maximum Gasteiger partial charge on any atom is 0.135 e. The Hall–Kier alpha value is -1.00. The summed E-state index contributed by atoms with van der Waals surface area (Å²) in [5, 5.41) is 3.39. The maximum atomic E-state index is 5.28. The fraction of sp³-hybridized carbons (Fsp3) is 0.200. The molecule has 0 spiro atoms. The van der Waals surface area contributed by atoms with Gasteiger partial charge in [0.2, 0.25) is 0 Å². The summed E-state index contributed by atoms with van der Waals surface area (Å²) in [4.78, 5) is 0. The van der Waals surface area contributed by atoms with Gasteiger partial charge in [-0.3, -0.25) is 0 Å². The summed E-state index contributed by atoms with van der Waals surface area (Å²) in [6, 6.07) is 12.4. The predicted octanol–water partition coefficient (Wildman–Crippen LogP) is 5.14. The van der Waals surface area contributed by atoms with Crippen LogP contribution < -0.4 is 10.1 Å². The van der Waals surface area contributed by atoms with E-state index in [1.165, 1.54) is 11.1 Å². The van der Waals surface area contributed by atoms with E-state index in [4.69, 9.17) is 4.74 Å². The first-order chi connectivity index (χ1) is 9.10. The van der Waals surface area contributed by atoms with E-state index >= 15 is 0 Å². The Morgan fingerprint density at radius 1 is 1.05 bits per heavy atom. The Morgan fingerprint density at radius 2 is 1.79 bits per heavy atom. The average molecular weight is 385 g/mol. The van der Waals surface area contributed by atoms with Crippen molar-refractivity contribution in [2.45, 2.75) is 13.5 Å². The molecule has 2 rings (SSSR count). The second kappa shape index (κ2) is 6.44. The molecule has 0 amide bonds. The van der Waals surface area contributed by atoms with Crippen LogP contribution >= 0.6 is 31.9 Å². The van der Waals surface area contributed by atoms with Crippen LogP contribution in [0.2, 0.25) is 0 Å². The highest BCUT2D eigenvalue weighted by atomic mass is 79.9. The molecule has 0 fully saturated rings. The van der Waals surface area contributed by atoms with Crippen LogP contribution in [-0.4, -0.2) is 7.11 Å². The second-order valence-electron chi connectivity index (χ2n) is 4.29. The van der Waals surface area contributed by atoms with Crippen LogP contribution in [0.3, 0.4) is 0 Å². The van der Waals surface area contributed by atoms with Gasteiger partial charge in [0.15, 0.2) is 0 Å². The molecule has 1 N–H and O–H groups in total. The summed E-state index contributed by atoms with van der Waals surface area (Å²) in [5.41, 5.74) is 3.54. The Kier molecular flexibility index (Phi) is 4.88. The summed E-state index contributed by atoms with van der Waals surface area (Å²) in [5.74, 6) is 0.831. The summed E-state index contributed by atoms with van der Waals surface area (Å²) in [6.45, 7) is 2.88. The molecule has 19 heavy (non-hydrogen) atoms. The minimum absolute atomic E-state index is 0.791. The minimum atomic E-state index is 0.791. The average Bonchev–Trinajstić information content (AvgIpc) is 2.41. The molecule has 0 aliphatic rings. The highest BCUT2D eigenvalue weighted by molar-refractivity contribution is 9.10. The first kappa shape index (κ1) is 14.4. The molecule has 0 bridgehead atoms. The largest absolute Gasteiger partial charge is 0.495 e. The van der Waals surface area contributed by atoms with Gasteiger partial charge in [-0.15, -0.1) is 0 Å². The number of hydrogen-bond acceptors (Lipinski definition) is 2. The zero-order valence-electron chi connectivity index (χ0n) is 10.8. The molecule has 0 aliphatic carbocycles. The Morgan fingerprint density at radius 3 is 2.47 bits per heavy atom. The molecule has 0 unspecified atom stereocenters. The number of ether oxygens (including phenoxy) is 1. The highest BCUT2D eigenvalue weighted by Gasteiger charge is 2.02. The molecule has 2 aromatic rings. The van der Waals surface area contributed by atoms with Crippen molar-refractivity contribution in [3.63, 3.8) is 0 Å². The molecule has 0 aliphatic heterocycles. The summed E-state index contributed by atoms with van der Waals surface area (Å²) in [6.07, 6.45) is 0. The van der Waals surface area contributed by atoms with Crippen molar-refractivity contribution in [2.75, 3.05) is 12.4 Å². The van der Waals surface area contributed by atoms with Crippen molar-refractivity contribution in [2.24, 2.45) is 0 Å². The first-order valence-electron chi connectivity index (χ1n) is 5.92. The van der Waals surface area contributed by atoms with E-state index in [1.54, 1.807) is 7.11 Å². The lowest BCUT2D eigenvalue weighted by Crippen LogP contribution is -2.00. The van der Waals surface area contributed by atoms with Crippen molar-refractivity contribution in [1.29, 1.82) is 0 Å². The molecule has 2 aromatic carbocycles. The van der Waals surface area contributed by atoms with Gasteiger partial charge in [-0.25, -0.2) is 0 Å². The Labute approximate surface area is 130 Å². The van der Waals surface area contributed by atoms with Crippen LogP contribution in [0.25, 0.3) is 0 Å². The first-order valence-corrected chi connectivity index (χ1v) is 7.51. The van der Waals surface area contributed by atoms with Crippen LogP contribution in [-0.2, 0) is 6.54 Å². The van der Waals surface area contributed by atoms with Gasteiger partial charge < -0.3 is 10.1 Å². The molecular formula is C15H15Br2NO. The normalized spacial score (nSPS) is 10.3. The van der Waals surface area contributed by atoms with Gasteiger partial charge in [0.05, 0.1) is 11.6 Å². The lowest BCUT2D eigenvalue weighted by molar-refractivity contribution is 0.412. The Balaban J connectivity index is 2.07. The van der Waals surface area contributed by atoms with Gasteiger partial charge >= 0.3 is 0 Å². The van der Waals surface area contributed by atoms with Crippen molar-refractivity contribution in [3.8, 4) is 5.75 Å². The van der Waals surface area contributed by atoms with Crippen LogP contribution in [0.4, 0.5) is 5.69 Å². The summed E-state index contributed by atoms with van der Waals surface area (Å²) < 4.78 is 7.38. The molecule has 2 nitrogen and oxygen atoms in total. The summed E-state index contributed by atoms with van der Waals surface area (Å²) >= 11 is 6.96.